The first-order valence-electron chi connectivity index (χ1n) is 24.0. The quantitative estimate of drug-likeness (QED) is 0.0493. The molecule has 0 bridgehead atoms. The number of benzene rings is 2. The van der Waals surface area contributed by atoms with Crippen LogP contribution in [0.25, 0.3) is 0 Å². The Morgan fingerprint density at radius 3 is 1.23 bits per heavy atom. The predicted octanol–water partition coefficient (Wildman–Crippen LogP) is -0.441. The Hall–Kier alpha value is -6.45. The fourth-order valence-corrected chi connectivity index (χ4v) is 7.37. The molecule has 0 aromatic heterocycles. The normalized spacial score (nSPS) is 15.6. The Balaban J connectivity index is 2.39. The molecule has 21 nitrogen and oxygen atoms in total. The molecule has 0 heterocycles. The molecule has 2 aromatic rings. The summed E-state index contributed by atoms with van der Waals surface area (Å²) in [6.45, 7) is 15.7. The van der Waals surface area contributed by atoms with Crippen LogP contribution in [0.15, 0.2) is 60.7 Å². The Kier molecular flexibility index (Phi) is 25.3. The van der Waals surface area contributed by atoms with Crippen LogP contribution in [-0.2, 0) is 56.0 Å². The molecule has 394 valence electrons. The minimum absolute atomic E-state index is 0.00909. The number of carboxylic acid groups (broad SMARTS) is 1. The van der Waals surface area contributed by atoms with Crippen LogP contribution in [0.1, 0.15) is 93.2 Å². The molecule has 0 aliphatic carbocycles. The van der Waals surface area contributed by atoms with Crippen LogP contribution in [0.3, 0.4) is 0 Å². The van der Waals surface area contributed by atoms with Crippen LogP contribution < -0.4 is 48.3 Å². The van der Waals surface area contributed by atoms with E-state index in [1.807, 2.05) is 13.8 Å². The summed E-state index contributed by atoms with van der Waals surface area (Å²) >= 11 is 0. The van der Waals surface area contributed by atoms with Gasteiger partial charge < -0.3 is 63.6 Å². The second kappa shape index (κ2) is 29.7. The van der Waals surface area contributed by atoms with Gasteiger partial charge in [-0.2, -0.15) is 0 Å². The summed E-state index contributed by atoms with van der Waals surface area (Å²) in [5.74, 6) is -9.16. The van der Waals surface area contributed by atoms with Gasteiger partial charge in [-0.15, -0.1) is 0 Å². The number of rotatable bonds is 29. The Bertz CT molecular complexity index is 2090. The maximum absolute atomic E-state index is 14.2. The van der Waals surface area contributed by atoms with E-state index in [-0.39, 0.29) is 31.1 Å². The van der Waals surface area contributed by atoms with Crippen LogP contribution in [-0.4, -0.2) is 136 Å². The predicted molar refractivity (Wildman–Crippen MR) is 264 cm³/mol. The molecule has 13 N–H and O–H groups in total. The lowest BCUT2D eigenvalue weighted by Crippen LogP contribution is -2.63. The molecule has 2 aromatic carbocycles. The third-order valence-electron chi connectivity index (χ3n) is 11.3. The number of hydrogen-bond acceptors (Lipinski definition) is 12. The van der Waals surface area contributed by atoms with E-state index in [0.717, 1.165) is 0 Å². The summed E-state index contributed by atoms with van der Waals surface area (Å²) in [7, 11) is 0. The number of amides is 8. The van der Waals surface area contributed by atoms with Gasteiger partial charge in [0, 0.05) is 12.8 Å². The summed E-state index contributed by atoms with van der Waals surface area (Å²) in [5, 5.41) is 51.2. The minimum Gasteiger partial charge on any atom is -0.480 e. The first kappa shape index (κ1) is 60.7. The van der Waals surface area contributed by atoms with E-state index in [9.17, 15) is 58.5 Å². The van der Waals surface area contributed by atoms with Crippen LogP contribution in [0.5, 0.6) is 0 Å². The van der Waals surface area contributed by atoms with Crippen molar-refractivity contribution in [3.63, 3.8) is 0 Å². The summed E-state index contributed by atoms with van der Waals surface area (Å²) in [5.41, 5.74) is 7.23. The molecule has 21 heteroatoms. The van der Waals surface area contributed by atoms with Crippen molar-refractivity contribution in [2.24, 2.45) is 29.4 Å². The van der Waals surface area contributed by atoms with E-state index in [1.165, 1.54) is 13.8 Å². The standard InChI is InChI=1S/C50H77N9O12/c1-26(2)21-34(51)43(63)52-25-38(62)53-36(23-32-17-13-11-14-18-32)45(65)56-39(28(5)6)47(67)55-37(24-33-19-15-12-16-20-33)46(66)58-41(30(9)60)48(68)54-35(22-27(3)4)44(64)59-42(31(10)61)49(69)57-40(29(7)8)50(70)71/h11-20,26-31,34-37,39-42,60-61H,21-25,51H2,1-10H3,(H,52,63)(H,53,62)(H,54,68)(H,55,67)(H,56,65)(H,57,69)(H,58,66)(H,59,64)(H,70,71). The van der Waals surface area contributed by atoms with Gasteiger partial charge in [0.1, 0.15) is 42.3 Å². The Morgan fingerprint density at radius 2 is 0.817 bits per heavy atom. The first-order chi connectivity index (χ1) is 33.2. The monoisotopic (exact) mass is 996 g/mol. The zero-order valence-corrected chi connectivity index (χ0v) is 42.5. The van der Waals surface area contributed by atoms with E-state index < -0.39 is 132 Å². The lowest BCUT2D eigenvalue weighted by Gasteiger charge is -2.30. The van der Waals surface area contributed by atoms with Gasteiger partial charge in [-0.3, -0.25) is 38.4 Å². The highest BCUT2D eigenvalue weighted by atomic mass is 16.4. The van der Waals surface area contributed by atoms with Crippen molar-refractivity contribution in [2.75, 3.05) is 6.54 Å². The van der Waals surface area contributed by atoms with Gasteiger partial charge in [0.15, 0.2) is 0 Å². The average Bonchev–Trinajstić information content (AvgIpc) is 3.28. The first-order valence-corrected chi connectivity index (χ1v) is 24.0. The third kappa shape index (κ3) is 21.2. The SMILES string of the molecule is CC(C)CC(N)C(=O)NCC(=O)NC(Cc1ccccc1)C(=O)NC(C(=O)NC(Cc1ccccc1)C(=O)NC(C(=O)NC(CC(C)C)C(=O)NC(C(=O)NC(C(=O)O)C(C)C)C(C)O)C(C)O)C(C)C. The molecule has 0 saturated heterocycles. The van der Waals surface area contributed by atoms with E-state index in [1.54, 1.807) is 102 Å². The van der Waals surface area contributed by atoms with Crippen molar-refractivity contribution in [1.29, 1.82) is 0 Å². The van der Waals surface area contributed by atoms with Gasteiger partial charge in [0.25, 0.3) is 0 Å². The number of carboxylic acids is 1. The molecule has 0 aliphatic heterocycles. The minimum atomic E-state index is -1.71. The fraction of sp³-hybridized carbons (Fsp3) is 0.580. The number of aliphatic hydroxyl groups is 2. The van der Waals surface area contributed by atoms with E-state index in [4.69, 9.17) is 5.73 Å². The number of carbonyl (C=O) groups excluding carboxylic acids is 8. The highest BCUT2D eigenvalue weighted by Crippen LogP contribution is 2.12. The van der Waals surface area contributed by atoms with Crippen LogP contribution in [0, 0.1) is 23.7 Å². The molecule has 0 fully saturated rings. The lowest BCUT2D eigenvalue weighted by atomic mass is 9.99. The van der Waals surface area contributed by atoms with Gasteiger partial charge in [-0.1, -0.05) is 116 Å². The maximum Gasteiger partial charge on any atom is 0.326 e. The Labute approximate surface area is 416 Å². The topological polar surface area (TPSA) is 337 Å². The number of aliphatic carboxylic acids is 1. The average molecular weight is 996 g/mol. The summed E-state index contributed by atoms with van der Waals surface area (Å²) in [6, 6.07) is 6.53. The molecular weight excluding hydrogens is 919 g/mol. The van der Waals surface area contributed by atoms with Crippen molar-refractivity contribution in [3.05, 3.63) is 71.8 Å². The van der Waals surface area contributed by atoms with Crippen molar-refractivity contribution >= 4 is 53.2 Å². The molecule has 10 atom stereocenters. The van der Waals surface area contributed by atoms with Gasteiger partial charge in [0.05, 0.1) is 24.8 Å². The van der Waals surface area contributed by atoms with E-state index in [0.29, 0.717) is 17.5 Å². The number of hydrogen-bond donors (Lipinski definition) is 12. The zero-order chi connectivity index (χ0) is 53.7. The molecule has 0 spiro atoms. The maximum atomic E-state index is 14.2. The molecule has 0 aliphatic rings. The summed E-state index contributed by atoms with van der Waals surface area (Å²) < 4.78 is 0. The Morgan fingerprint density at radius 1 is 0.451 bits per heavy atom. The van der Waals surface area contributed by atoms with Crippen molar-refractivity contribution in [3.8, 4) is 0 Å². The number of nitrogens with two attached hydrogens (primary N) is 1. The molecule has 0 radical (unpaired) electrons. The third-order valence-corrected chi connectivity index (χ3v) is 11.3. The summed E-state index contributed by atoms with van der Waals surface area (Å²) in [4.78, 5) is 121. The zero-order valence-electron chi connectivity index (χ0n) is 42.5. The van der Waals surface area contributed by atoms with Gasteiger partial charge in [-0.25, -0.2) is 4.79 Å². The van der Waals surface area contributed by atoms with Crippen LogP contribution in [0.2, 0.25) is 0 Å². The van der Waals surface area contributed by atoms with Gasteiger partial charge in [-0.05, 0) is 61.5 Å². The number of nitrogens with one attached hydrogen (secondary N) is 8. The number of aliphatic hydroxyl groups excluding tert-OH is 2. The largest absolute Gasteiger partial charge is 0.480 e. The lowest BCUT2D eigenvalue weighted by molar-refractivity contribution is -0.144. The van der Waals surface area contributed by atoms with E-state index >= 15 is 0 Å². The highest BCUT2D eigenvalue weighted by molar-refractivity contribution is 5.98. The van der Waals surface area contributed by atoms with Crippen molar-refractivity contribution < 1.29 is 58.5 Å². The molecular formula is C50H77N9O12. The highest BCUT2D eigenvalue weighted by Gasteiger charge is 2.37. The van der Waals surface area contributed by atoms with Crippen molar-refractivity contribution in [2.45, 2.75) is 155 Å². The molecule has 0 saturated carbocycles. The van der Waals surface area contributed by atoms with Crippen molar-refractivity contribution in [1.82, 2.24) is 42.5 Å². The van der Waals surface area contributed by atoms with Gasteiger partial charge >= 0.3 is 5.97 Å². The molecule has 2 rings (SSSR count). The van der Waals surface area contributed by atoms with Crippen LogP contribution >= 0.6 is 0 Å². The molecule has 71 heavy (non-hydrogen) atoms. The second-order valence-electron chi connectivity index (χ2n) is 19.5. The smallest absolute Gasteiger partial charge is 0.326 e. The van der Waals surface area contributed by atoms with E-state index in [2.05, 4.69) is 42.5 Å². The fourth-order valence-electron chi connectivity index (χ4n) is 7.37. The second-order valence-corrected chi connectivity index (χ2v) is 19.5. The van der Waals surface area contributed by atoms with Gasteiger partial charge in [0.2, 0.25) is 47.3 Å². The molecule has 8 amide bonds. The molecule has 10 unspecified atom stereocenters. The summed E-state index contributed by atoms with van der Waals surface area (Å²) in [6.07, 6.45) is -2.79. The van der Waals surface area contributed by atoms with Crippen LogP contribution in [0.4, 0.5) is 0 Å². The number of carbonyl (C=O) groups is 9.